The zero-order valence-corrected chi connectivity index (χ0v) is 9.31. The molecule has 1 aliphatic heterocycles. The van der Waals surface area contributed by atoms with Crippen LogP contribution in [0, 0.1) is 5.82 Å². The first kappa shape index (κ1) is 11.6. The van der Waals surface area contributed by atoms with Gasteiger partial charge in [0.05, 0.1) is 0 Å². The van der Waals surface area contributed by atoms with Crippen LogP contribution in [0.5, 0.6) is 0 Å². The van der Waals surface area contributed by atoms with Crippen molar-refractivity contribution in [1.29, 1.82) is 0 Å². The summed E-state index contributed by atoms with van der Waals surface area (Å²) in [5.74, 6) is -1.73. The first-order valence-corrected chi connectivity index (χ1v) is 5.26. The van der Waals surface area contributed by atoms with E-state index in [1.54, 1.807) is 6.07 Å². The predicted molar refractivity (Wildman–Crippen MR) is 57.8 cm³/mol. The summed E-state index contributed by atoms with van der Waals surface area (Å²) in [5.41, 5.74) is 1.47. The van der Waals surface area contributed by atoms with Gasteiger partial charge in [-0.15, -0.1) is 0 Å². The lowest BCUT2D eigenvalue weighted by Crippen LogP contribution is -2.47. The molecule has 0 spiro atoms. The molecule has 2 rings (SSSR count). The molecule has 1 N–H and O–H groups in total. The molecule has 0 aliphatic carbocycles. The van der Waals surface area contributed by atoms with Gasteiger partial charge in [0.1, 0.15) is 11.9 Å². The highest BCUT2D eigenvalue weighted by molar-refractivity contribution is 5.83. The number of benzene rings is 1. The molecule has 17 heavy (non-hydrogen) atoms. The van der Waals surface area contributed by atoms with Gasteiger partial charge in [-0.1, -0.05) is 6.07 Å². The molecule has 1 atom stereocenters. The van der Waals surface area contributed by atoms with E-state index >= 15 is 0 Å². The number of amides is 1. The maximum absolute atomic E-state index is 13.1. The summed E-state index contributed by atoms with van der Waals surface area (Å²) < 4.78 is 13.1. The van der Waals surface area contributed by atoms with Crippen molar-refractivity contribution in [3.8, 4) is 0 Å². The highest BCUT2D eigenvalue weighted by Crippen LogP contribution is 2.24. The molecule has 1 aliphatic rings. The van der Waals surface area contributed by atoms with Gasteiger partial charge in [0.2, 0.25) is 5.91 Å². The van der Waals surface area contributed by atoms with Crippen LogP contribution in [0.4, 0.5) is 4.39 Å². The average Bonchev–Trinajstić information content (AvgIpc) is 2.26. The summed E-state index contributed by atoms with van der Waals surface area (Å²) in [6, 6.07) is 3.35. The molecule has 0 fully saturated rings. The quantitative estimate of drug-likeness (QED) is 0.798. The number of rotatable bonds is 1. The van der Waals surface area contributed by atoms with Gasteiger partial charge in [-0.3, -0.25) is 4.79 Å². The van der Waals surface area contributed by atoms with Crippen LogP contribution in [-0.2, 0) is 22.6 Å². The molecule has 5 heteroatoms. The van der Waals surface area contributed by atoms with Crippen LogP contribution in [0.1, 0.15) is 18.1 Å². The van der Waals surface area contributed by atoms with Gasteiger partial charge in [0, 0.05) is 19.9 Å². The number of hydrogen-bond acceptors (Lipinski definition) is 2. The molecule has 0 saturated carbocycles. The third-order valence-corrected chi connectivity index (χ3v) is 2.99. The minimum atomic E-state index is -1.06. The van der Waals surface area contributed by atoms with Gasteiger partial charge in [-0.2, -0.15) is 0 Å². The molecule has 0 aromatic heterocycles. The summed E-state index contributed by atoms with van der Waals surface area (Å²) in [7, 11) is 0. The molecule has 90 valence electrons. The second-order valence-corrected chi connectivity index (χ2v) is 4.12. The van der Waals surface area contributed by atoms with E-state index in [1.165, 1.54) is 24.0 Å². The van der Waals surface area contributed by atoms with Crippen LogP contribution in [0.3, 0.4) is 0 Å². The molecule has 1 aromatic rings. The van der Waals surface area contributed by atoms with E-state index in [2.05, 4.69) is 0 Å². The van der Waals surface area contributed by atoms with Crippen molar-refractivity contribution in [3.05, 3.63) is 35.1 Å². The van der Waals surface area contributed by atoms with Crippen LogP contribution in [0.2, 0.25) is 0 Å². The number of carbonyl (C=O) groups is 2. The van der Waals surface area contributed by atoms with Crippen LogP contribution >= 0.6 is 0 Å². The first-order valence-electron chi connectivity index (χ1n) is 5.26. The van der Waals surface area contributed by atoms with Gasteiger partial charge < -0.3 is 10.0 Å². The summed E-state index contributed by atoms with van der Waals surface area (Å²) in [5, 5.41) is 9.06. The Hall–Kier alpha value is -1.91. The SMILES string of the molecule is CC(=O)N1Cc2ccc(F)cc2C[C@@H]1C(=O)O. The normalized spacial score (nSPS) is 18.7. The summed E-state index contributed by atoms with van der Waals surface area (Å²) >= 11 is 0. The third kappa shape index (κ3) is 2.13. The standard InChI is InChI=1S/C12H12FNO3/c1-7(15)14-6-8-2-3-10(13)4-9(8)5-11(14)12(16)17/h2-4,11H,5-6H2,1H3,(H,16,17)/t11-/m1/s1. The van der Waals surface area contributed by atoms with Crippen molar-refractivity contribution in [2.75, 3.05) is 0 Å². The Morgan fingerprint density at radius 3 is 2.71 bits per heavy atom. The fraction of sp³-hybridized carbons (Fsp3) is 0.333. The fourth-order valence-corrected chi connectivity index (χ4v) is 2.10. The summed E-state index contributed by atoms with van der Waals surface area (Å²) in [4.78, 5) is 23.7. The number of hydrogen-bond donors (Lipinski definition) is 1. The molecule has 0 saturated heterocycles. The third-order valence-electron chi connectivity index (χ3n) is 2.99. The second kappa shape index (κ2) is 4.16. The van der Waals surface area contributed by atoms with E-state index in [-0.39, 0.29) is 24.7 Å². The zero-order chi connectivity index (χ0) is 12.6. The molecule has 4 nitrogen and oxygen atoms in total. The van der Waals surface area contributed by atoms with E-state index in [4.69, 9.17) is 5.11 Å². The minimum Gasteiger partial charge on any atom is -0.480 e. The maximum atomic E-state index is 13.1. The summed E-state index contributed by atoms with van der Waals surface area (Å²) in [6.45, 7) is 1.56. The lowest BCUT2D eigenvalue weighted by atomic mass is 9.94. The number of carbonyl (C=O) groups excluding carboxylic acids is 1. The molecule has 1 amide bonds. The van der Waals surface area contributed by atoms with Crippen LogP contribution in [0.25, 0.3) is 0 Å². The minimum absolute atomic E-state index is 0.155. The van der Waals surface area contributed by atoms with Crippen molar-refractivity contribution >= 4 is 11.9 Å². The maximum Gasteiger partial charge on any atom is 0.326 e. The number of nitrogens with zero attached hydrogens (tertiary/aromatic N) is 1. The van der Waals surface area contributed by atoms with Gasteiger partial charge in [0.25, 0.3) is 0 Å². The topological polar surface area (TPSA) is 57.6 Å². The number of fused-ring (bicyclic) bond motifs is 1. The Balaban J connectivity index is 2.39. The highest BCUT2D eigenvalue weighted by Gasteiger charge is 2.32. The van der Waals surface area contributed by atoms with E-state index in [0.717, 1.165) is 5.56 Å². The van der Waals surface area contributed by atoms with E-state index in [0.29, 0.717) is 5.56 Å². The first-order chi connectivity index (χ1) is 7.99. The fourth-order valence-electron chi connectivity index (χ4n) is 2.10. The lowest BCUT2D eigenvalue weighted by Gasteiger charge is -2.33. The molecule has 1 heterocycles. The molecular formula is C12H12FNO3. The number of carboxylic acid groups (broad SMARTS) is 1. The van der Waals surface area contributed by atoms with E-state index < -0.39 is 12.0 Å². The van der Waals surface area contributed by atoms with Gasteiger partial charge >= 0.3 is 5.97 Å². The molecule has 0 bridgehead atoms. The highest BCUT2D eigenvalue weighted by atomic mass is 19.1. The Bertz CT molecular complexity index is 487. The number of carboxylic acids is 1. The number of halogens is 1. The van der Waals surface area contributed by atoms with Gasteiger partial charge in [0.15, 0.2) is 0 Å². The van der Waals surface area contributed by atoms with Gasteiger partial charge in [-0.05, 0) is 23.3 Å². The van der Waals surface area contributed by atoms with Crippen molar-refractivity contribution in [3.63, 3.8) is 0 Å². The molecule has 0 radical (unpaired) electrons. The van der Waals surface area contributed by atoms with Crippen LogP contribution in [0.15, 0.2) is 18.2 Å². The van der Waals surface area contributed by atoms with Crippen molar-refractivity contribution in [2.45, 2.75) is 25.9 Å². The smallest absolute Gasteiger partial charge is 0.326 e. The van der Waals surface area contributed by atoms with E-state index in [9.17, 15) is 14.0 Å². The average molecular weight is 237 g/mol. The second-order valence-electron chi connectivity index (χ2n) is 4.12. The zero-order valence-electron chi connectivity index (χ0n) is 9.31. The molecule has 1 aromatic carbocycles. The summed E-state index contributed by atoms with van der Waals surface area (Å²) in [6.07, 6.45) is 0.155. The Labute approximate surface area is 97.7 Å². The Kier molecular flexibility index (Phi) is 2.83. The van der Waals surface area contributed by atoms with Gasteiger partial charge in [-0.25, -0.2) is 9.18 Å². The predicted octanol–water partition coefficient (Wildman–Crippen LogP) is 1.18. The molecule has 0 unspecified atom stereocenters. The van der Waals surface area contributed by atoms with Crippen molar-refractivity contribution < 1.29 is 19.1 Å². The van der Waals surface area contributed by atoms with Crippen LogP contribution in [-0.4, -0.2) is 27.9 Å². The van der Waals surface area contributed by atoms with Crippen molar-refractivity contribution in [1.82, 2.24) is 4.90 Å². The van der Waals surface area contributed by atoms with E-state index in [1.807, 2.05) is 0 Å². The van der Waals surface area contributed by atoms with Crippen LogP contribution < -0.4 is 0 Å². The molecular weight excluding hydrogens is 225 g/mol. The number of aliphatic carboxylic acids is 1. The Morgan fingerprint density at radius 1 is 1.41 bits per heavy atom. The van der Waals surface area contributed by atoms with Crippen molar-refractivity contribution in [2.24, 2.45) is 0 Å². The monoisotopic (exact) mass is 237 g/mol. The largest absolute Gasteiger partial charge is 0.480 e. The Morgan fingerprint density at radius 2 is 2.12 bits per heavy atom. The lowest BCUT2D eigenvalue weighted by molar-refractivity contribution is -0.150.